The fourth-order valence-electron chi connectivity index (χ4n) is 1.54. The number of nitrogens with two attached hydrogens (primary N) is 1. The Morgan fingerprint density at radius 2 is 1.89 bits per heavy atom. The Labute approximate surface area is 115 Å². The second-order valence-corrected chi connectivity index (χ2v) is 5.00. The van der Waals surface area contributed by atoms with Crippen molar-refractivity contribution in [2.24, 2.45) is 0 Å². The number of hydrogen-bond acceptors (Lipinski definition) is 3. The maximum atomic E-state index is 12.8. The van der Waals surface area contributed by atoms with Crippen LogP contribution >= 0.6 is 11.8 Å². The van der Waals surface area contributed by atoms with Crippen LogP contribution in [0.15, 0.2) is 52.3 Å². The number of rotatable bonds is 3. The van der Waals surface area contributed by atoms with E-state index in [4.69, 9.17) is 5.73 Å². The van der Waals surface area contributed by atoms with E-state index in [0.29, 0.717) is 11.3 Å². The van der Waals surface area contributed by atoms with E-state index in [2.05, 4.69) is 5.32 Å². The summed E-state index contributed by atoms with van der Waals surface area (Å²) in [7, 11) is 1.57. The van der Waals surface area contributed by atoms with Gasteiger partial charge in [0.25, 0.3) is 5.91 Å². The minimum atomic E-state index is -0.281. The molecule has 3 nitrogen and oxygen atoms in total. The lowest BCUT2D eigenvalue weighted by molar-refractivity contribution is 0.0963. The van der Waals surface area contributed by atoms with Gasteiger partial charge in [-0.25, -0.2) is 4.39 Å². The Bertz CT molecular complexity index is 599. The number of anilines is 1. The van der Waals surface area contributed by atoms with E-state index in [9.17, 15) is 9.18 Å². The van der Waals surface area contributed by atoms with E-state index in [-0.39, 0.29) is 11.7 Å². The molecule has 2 rings (SSSR count). The van der Waals surface area contributed by atoms with Gasteiger partial charge in [0.15, 0.2) is 0 Å². The summed E-state index contributed by atoms with van der Waals surface area (Å²) in [6.07, 6.45) is 0. The molecule has 0 radical (unpaired) electrons. The van der Waals surface area contributed by atoms with Gasteiger partial charge in [0.05, 0.1) is 0 Å². The molecule has 3 N–H and O–H groups in total. The highest BCUT2D eigenvalue weighted by Gasteiger charge is 2.08. The fraction of sp³-hybridized carbons (Fsp3) is 0.0714. The monoisotopic (exact) mass is 276 g/mol. The van der Waals surface area contributed by atoms with Crippen LogP contribution in [0.25, 0.3) is 0 Å². The van der Waals surface area contributed by atoms with E-state index in [0.717, 1.165) is 9.79 Å². The summed E-state index contributed by atoms with van der Waals surface area (Å²) in [4.78, 5) is 13.2. The summed E-state index contributed by atoms with van der Waals surface area (Å²) in [6, 6.07) is 11.2. The molecule has 98 valence electrons. The van der Waals surface area contributed by atoms with E-state index in [1.807, 2.05) is 0 Å². The molecule has 0 heterocycles. The quantitative estimate of drug-likeness (QED) is 0.847. The van der Waals surface area contributed by atoms with Gasteiger partial charge in [0, 0.05) is 28.1 Å². The van der Waals surface area contributed by atoms with Crippen LogP contribution < -0.4 is 11.1 Å². The van der Waals surface area contributed by atoms with Gasteiger partial charge in [-0.2, -0.15) is 0 Å². The third kappa shape index (κ3) is 3.26. The fourth-order valence-corrected chi connectivity index (χ4v) is 2.44. The summed E-state index contributed by atoms with van der Waals surface area (Å²) >= 11 is 1.39. The molecular weight excluding hydrogens is 263 g/mol. The average Bonchev–Trinajstić information content (AvgIpc) is 2.43. The number of nitrogens with one attached hydrogen (secondary N) is 1. The molecule has 0 atom stereocenters. The second kappa shape index (κ2) is 5.75. The van der Waals surface area contributed by atoms with Gasteiger partial charge in [-0.15, -0.1) is 0 Å². The van der Waals surface area contributed by atoms with Crippen molar-refractivity contribution in [3.05, 3.63) is 53.8 Å². The van der Waals surface area contributed by atoms with Crippen molar-refractivity contribution in [2.75, 3.05) is 12.8 Å². The van der Waals surface area contributed by atoms with Crippen molar-refractivity contribution < 1.29 is 9.18 Å². The zero-order valence-electron chi connectivity index (χ0n) is 10.3. The normalized spacial score (nSPS) is 10.2. The first-order chi connectivity index (χ1) is 9.10. The van der Waals surface area contributed by atoms with Crippen molar-refractivity contribution in [1.82, 2.24) is 5.32 Å². The Hall–Kier alpha value is -2.01. The molecule has 0 bridgehead atoms. The third-order valence-electron chi connectivity index (χ3n) is 2.54. The number of hydrogen-bond donors (Lipinski definition) is 2. The van der Waals surface area contributed by atoms with Gasteiger partial charge in [0.1, 0.15) is 5.82 Å². The van der Waals surface area contributed by atoms with Crippen molar-refractivity contribution >= 4 is 23.4 Å². The van der Waals surface area contributed by atoms with Crippen molar-refractivity contribution in [3.63, 3.8) is 0 Å². The first-order valence-corrected chi connectivity index (χ1v) is 6.47. The van der Waals surface area contributed by atoms with Crippen LogP contribution in [0, 0.1) is 5.82 Å². The smallest absolute Gasteiger partial charge is 0.251 e. The Kier molecular flexibility index (Phi) is 4.06. The lowest BCUT2D eigenvalue weighted by Crippen LogP contribution is -2.17. The maximum absolute atomic E-state index is 12.8. The zero-order chi connectivity index (χ0) is 13.8. The molecule has 0 aromatic heterocycles. The molecule has 5 heteroatoms. The molecule has 2 aromatic rings. The summed E-state index contributed by atoms with van der Waals surface area (Å²) in [6.45, 7) is 0. The second-order valence-electron chi connectivity index (χ2n) is 3.89. The van der Waals surface area contributed by atoms with E-state index < -0.39 is 0 Å². The van der Waals surface area contributed by atoms with Crippen molar-refractivity contribution in [1.29, 1.82) is 0 Å². The standard InChI is InChI=1S/C14H13FN2OS/c1-17-14(18)9-2-7-12(16)13(8-9)19-11-5-3-10(15)4-6-11/h2-8H,16H2,1H3,(H,17,18). The summed E-state index contributed by atoms with van der Waals surface area (Å²) in [5.41, 5.74) is 7.01. The van der Waals surface area contributed by atoms with Gasteiger partial charge >= 0.3 is 0 Å². The molecule has 1 amide bonds. The Morgan fingerprint density at radius 1 is 1.21 bits per heavy atom. The lowest BCUT2D eigenvalue weighted by Gasteiger charge is -2.08. The number of nitrogen functional groups attached to an aromatic ring is 1. The minimum Gasteiger partial charge on any atom is -0.398 e. The van der Waals surface area contributed by atoms with Gasteiger partial charge in [-0.05, 0) is 42.5 Å². The van der Waals surface area contributed by atoms with Gasteiger partial charge in [-0.3, -0.25) is 4.79 Å². The Morgan fingerprint density at radius 3 is 2.53 bits per heavy atom. The number of benzene rings is 2. The van der Waals surface area contributed by atoms with Crippen LogP contribution in [0.3, 0.4) is 0 Å². The first-order valence-electron chi connectivity index (χ1n) is 5.65. The van der Waals surface area contributed by atoms with E-state index in [1.54, 1.807) is 37.4 Å². The molecule has 19 heavy (non-hydrogen) atoms. The maximum Gasteiger partial charge on any atom is 0.251 e. The highest BCUT2D eigenvalue weighted by Crippen LogP contribution is 2.32. The van der Waals surface area contributed by atoms with Crippen LogP contribution in [0.2, 0.25) is 0 Å². The SMILES string of the molecule is CNC(=O)c1ccc(N)c(Sc2ccc(F)cc2)c1. The van der Waals surface area contributed by atoms with E-state index in [1.165, 1.54) is 23.9 Å². The topological polar surface area (TPSA) is 55.1 Å². The molecule has 0 spiro atoms. The molecular formula is C14H13FN2OS. The molecule has 0 aliphatic heterocycles. The summed E-state index contributed by atoms with van der Waals surface area (Å²) in [5, 5.41) is 2.56. The highest BCUT2D eigenvalue weighted by molar-refractivity contribution is 7.99. The van der Waals surface area contributed by atoms with Crippen LogP contribution in [0.4, 0.5) is 10.1 Å². The number of halogens is 1. The number of amides is 1. The summed E-state index contributed by atoms with van der Waals surface area (Å²) in [5.74, 6) is -0.447. The average molecular weight is 276 g/mol. The number of carbonyl (C=O) groups is 1. The first kappa shape index (κ1) is 13.4. The van der Waals surface area contributed by atoms with Crippen LogP contribution in [0.5, 0.6) is 0 Å². The lowest BCUT2D eigenvalue weighted by atomic mass is 10.2. The summed E-state index contributed by atoms with van der Waals surface area (Å²) < 4.78 is 12.8. The van der Waals surface area contributed by atoms with Crippen LogP contribution in [-0.2, 0) is 0 Å². The van der Waals surface area contributed by atoms with Gasteiger partial charge < -0.3 is 11.1 Å². The number of carbonyl (C=O) groups excluding carboxylic acids is 1. The molecule has 0 aliphatic carbocycles. The predicted octanol–water partition coefficient (Wildman–Crippen LogP) is 2.92. The largest absolute Gasteiger partial charge is 0.398 e. The predicted molar refractivity (Wildman–Crippen MR) is 74.8 cm³/mol. The third-order valence-corrected chi connectivity index (χ3v) is 3.63. The molecule has 2 aromatic carbocycles. The van der Waals surface area contributed by atoms with Gasteiger partial charge in [-0.1, -0.05) is 11.8 Å². The molecule has 0 unspecified atom stereocenters. The van der Waals surface area contributed by atoms with Gasteiger partial charge in [0.2, 0.25) is 0 Å². The van der Waals surface area contributed by atoms with Crippen LogP contribution in [0.1, 0.15) is 10.4 Å². The highest BCUT2D eigenvalue weighted by atomic mass is 32.2. The minimum absolute atomic E-state index is 0.166. The zero-order valence-corrected chi connectivity index (χ0v) is 11.1. The van der Waals surface area contributed by atoms with Crippen molar-refractivity contribution in [3.8, 4) is 0 Å². The molecule has 0 saturated carbocycles. The Balaban J connectivity index is 2.28. The van der Waals surface area contributed by atoms with Crippen LogP contribution in [-0.4, -0.2) is 13.0 Å². The molecule has 0 saturated heterocycles. The molecule has 0 aliphatic rings. The van der Waals surface area contributed by atoms with E-state index >= 15 is 0 Å². The van der Waals surface area contributed by atoms with Crippen molar-refractivity contribution in [2.45, 2.75) is 9.79 Å². The molecule has 0 fully saturated rings.